The molecule has 0 saturated heterocycles. The zero-order chi connectivity index (χ0) is 14.2. The summed E-state index contributed by atoms with van der Waals surface area (Å²) in [7, 11) is 1.71. The second-order valence-electron chi connectivity index (χ2n) is 5.30. The maximum absolute atomic E-state index is 6.29. The molecule has 0 aliphatic carbocycles. The van der Waals surface area contributed by atoms with Crippen LogP contribution in [-0.2, 0) is 10.3 Å². The Morgan fingerprint density at radius 1 is 1.47 bits per heavy atom. The minimum Gasteiger partial charge on any atom is -0.382 e. The molecule has 0 saturated carbocycles. The number of aromatic nitrogens is 2. The van der Waals surface area contributed by atoms with E-state index in [1.54, 1.807) is 7.11 Å². The van der Waals surface area contributed by atoms with Crippen molar-refractivity contribution in [2.24, 2.45) is 0 Å². The predicted molar refractivity (Wildman–Crippen MR) is 82.9 cm³/mol. The smallest absolute Gasteiger partial charge is 0.128 e. The van der Waals surface area contributed by atoms with Gasteiger partial charge in [-0.05, 0) is 39.0 Å². The molecule has 1 aromatic heterocycles. The van der Waals surface area contributed by atoms with E-state index in [0.29, 0.717) is 6.61 Å². The molecule has 1 unspecified atom stereocenters. The van der Waals surface area contributed by atoms with Crippen molar-refractivity contribution in [3.05, 3.63) is 28.5 Å². The molecule has 19 heavy (non-hydrogen) atoms. The number of fused-ring (bicyclic) bond motifs is 1. The summed E-state index contributed by atoms with van der Waals surface area (Å²) in [5.74, 6) is 0.872. The summed E-state index contributed by atoms with van der Waals surface area (Å²) >= 11 is 9.80. The molecule has 2 aromatic rings. The van der Waals surface area contributed by atoms with Gasteiger partial charge in [0.15, 0.2) is 0 Å². The largest absolute Gasteiger partial charge is 0.382 e. The molecule has 0 aliphatic heterocycles. The number of alkyl halides is 1. The lowest BCUT2D eigenvalue weighted by Crippen LogP contribution is -2.33. The van der Waals surface area contributed by atoms with E-state index in [-0.39, 0.29) is 10.9 Å². The van der Waals surface area contributed by atoms with Crippen molar-refractivity contribution in [1.82, 2.24) is 9.55 Å². The van der Waals surface area contributed by atoms with Crippen LogP contribution in [0.4, 0.5) is 0 Å². The first-order valence-electron chi connectivity index (χ1n) is 6.18. The highest BCUT2D eigenvalue weighted by Gasteiger charge is 2.27. The molecular weight excluding hydrogens is 328 g/mol. The topological polar surface area (TPSA) is 27.1 Å². The van der Waals surface area contributed by atoms with Crippen LogP contribution < -0.4 is 0 Å². The number of halogens is 2. The SMILES string of the molecule is COCC(C)(C)n1c(C(C)Cl)nc2ccc(Br)cc21. The summed E-state index contributed by atoms with van der Waals surface area (Å²) < 4.78 is 8.55. The molecule has 1 aromatic carbocycles. The van der Waals surface area contributed by atoms with E-state index in [0.717, 1.165) is 21.3 Å². The third-order valence-corrected chi connectivity index (χ3v) is 3.79. The Balaban J connectivity index is 2.73. The monoisotopic (exact) mass is 344 g/mol. The fourth-order valence-electron chi connectivity index (χ4n) is 2.39. The van der Waals surface area contributed by atoms with Crippen molar-refractivity contribution in [2.75, 3.05) is 13.7 Å². The highest BCUT2D eigenvalue weighted by atomic mass is 79.9. The lowest BCUT2D eigenvalue weighted by atomic mass is 10.1. The third kappa shape index (κ3) is 2.81. The van der Waals surface area contributed by atoms with E-state index in [2.05, 4.69) is 45.4 Å². The molecule has 3 nitrogen and oxygen atoms in total. The molecule has 5 heteroatoms. The van der Waals surface area contributed by atoms with Gasteiger partial charge in [0.25, 0.3) is 0 Å². The zero-order valence-corrected chi connectivity index (χ0v) is 13.9. The lowest BCUT2D eigenvalue weighted by molar-refractivity contribution is 0.110. The van der Waals surface area contributed by atoms with Gasteiger partial charge in [-0.2, -0.15) is 0 Å². The Bertz CT molecular complexity index is 592. The van der Waals surface area contributed by atoms with Crippen molar-refractivity contribution >= 4 is 38.6 Å². The van der Waals surface area contributed by atoms with Gasteiger partial charge in [0.2, 0.25) is 0 Å². The van der Waals surface area contributed by atoms with E-state index >= 15 is 0 Å². The van der Waals surface area contributed by atoms with Crippen molar-refractivity contribution < 1.29 is 4.74 Å². The van der Waals surface area contributed by atoms with Crippen LogP contribution in [-0.4, -0.2) is 23.3 Å². The summed E-state index contributed by atoms with van der Waals surface area (Å²) in [5.41, 5.74) is 1.82. The van der Waals surface area contributed by atoms with Crippen molar-refractivity contribution in [2.45, 2.75) is 31.7 Å². The number of hydrogen-bond donors (Lipinski definition) is 0. The van der Waals surface area contributed by atoms with Crippen LogP contribution in [0.3, 0.4) is 0 Å². The Labute approximate surface area is 127 Å². The fourth-order valence-corrected chi connectivity index (χ4v) is 2.88. The van der Waals surface area contributed by atoms with Crippen LogP contribution in [0.1, 0.15) is 32.0 Å². The Hall–Kier alpha value is -0.580. The standard InChI is InChI=1S/C14H18BrClN2O/c1-9(16)13-17-11-6-5-10(15)7-12(11)18(13)14(2,3)8-19-4/h5-7,9H,8H2,1-4H3. The molecule has 0 radical (unpaired) electrons. The van der Waals surface area contributed by atoms with Gasteiger partial charge in [0, 0.05) is 11.6 Å². The van der Waals surface area contributed by atoms with Crippen LogP contribution >= 0.6 is 27.5 Å². The van der Waals surface area contributed by atoms with Gasteiger partial charge < -0.3 is 9.30 Å². The Kier molecular flexibility index (Phi) is 4.23. The summed E-state index contributed by atoms with van der Waals surface area (Å²) in [6.07, 6.45) is 0. The fraction of sp³-hybridized carbons (Fsp3) is 0.500. The number of imidazole rings is 1. The third-order valence-electron chi connectivity index (χ3n) is 3.10. The number of hydrogen-bond acceptors (Lipinski definition) is 2. The molecule has 0 fully saturated rings. The van der Waals surface area contributed by atoms with Gasteiger partial charge in [-0.1, -0.05) is 15.9 Å². The first-order chi connectivity index (χ1) is 8.86. The lowest BCUT2D eigenvalue weighted by Gasteiger charge is -2.29. The summed E-state index contributed by atoms with van der Waals surface area (Å²) in [4.78, 5) is 4.66. The number of ether oxygens (including phenoxy) is 1. The van der Waals surface area contributed by atoms with Gasteiger partial charge in [-0.3, -0.25) is 0 Å². The number of benzene rings is 1. The van der Waals surface area contributed by atoms with Gasteiger partial charge in [-0.15, -0.1) is 11.6 Å². The second kappa shape index (κ2) is 5.43. The quantitative estimate of drug-likeness (QED) is 0.764. The summed E-state index contributed by atoms with van der Waals surface area (Å²) in [5, 5.41) is -0.151. The van der Waals surface area contributed by atoms with E-state index in [4.69, 9.17) is 16.3 Å². The predicted octanol–water partition coefficient (Wildman–Crippen LogP) is 4.48. The van der Waals surface area contributed by atoms with Crippen LogP contribution in [0.25, 0.3) is 11.0 Å². The maximum Gasteiger partial charge on any atom is 0.128 e. The van der Waals surface area contributed by atoms with Crippen molar-refractivity contribution in [3.8, 4) is 0 Å². The second-order valence-corrected chi connectivity index (χ2v) is 6.87. The molecule has 2 rings (SSSR count). The molecular formula is C14H18BrClN2O. The van der Waals surface area contributed by atoms with Crippen LogP contribution in [0.5, 0.6) is 0 Å². The van der Waals surface area contributed by atoms with E-state index in [1.165, 1.54) is 0 Å². The first kappa shape index (κ1) is 14.8. The molecule has 0 aliphatic rings. The Morgan fingerprint density at radius 3 is 2.74 bits per heavy atom. The molecule has 104 valence electrons. The summed E-state index contributed by atoms with van der Waals surface area (Å²) in [6.45, 7) is 6.79. The Morgan fingerprint density at radius 2 is 2.16 bits per heavy atom. The zero-order valence-electron chi connectivity index (χ0n) is 11.6. The molecule has 1 heterocycles. The van der Waals surface area contributed by atoms with E-state index in [1.807, 2.05) is 19.1 Å². The normalized spacial score (nSPS) is 14.0. The van der Waals surface area contributed by atoms with Crippen LogP contribution in [0.2, 0.25) is 0 Å². The van der Waals surface area contributed by atoms with Gasteiger partial charge in [-0.25, -0.2) is 4.98 Å². The van der Waals surface area contributed by atoms with Gasteiger partial charge in [0.05, 0.1) is 28.6 Å². The van der Waals surface area contributed by atoms with E-state index in [9.17, 15) is 0 Å². The number of nitrogens with zero attached hydrogens (tertiary/aromatic N) is 2. The van der Waals surface area contributed by atoms with Crippen molar-refractivity contribution in [1.29, 1.82) is 0 Å². The molecule has 0 bridgehead atoms. The number of methoxy groups -OCH3 is 1. The van der Waals surface area contributed by atoms with E-state index < -0.39 is 0 Å². The van der Waals surface area contributed by atoms with Gasteiger partial charge >= 0.3 is 0 Å². The molecule has 1 atom stereocenters. The highest BCUT2D eigenvalue weighted by molar-refractivity contribution is 9.10. The van der Waals surface area contributed by atoms with Crippen LogP contribution in [0, 0.1) is 0 Å². The van der Waals surface area contributed by atoms with Crippen LogP contribution in [0.15, 0.2) is 22.7 Å². The van der Waals surface area contributed by atoms with Crippen molar-refractivity contribution in [3.63, 3.8) is 0 Å². The first-order valence-corrected chi connectivity index (χ1v) is 7.41. The average molecular weight is 346 g/mol. The highest BCUT2D eigenvalue weighted by Crippen LogP contribution is 2.32. The molecule has 0 amide bonds. The average Bonchev–Trinajstić information content (AvgIpc) is 2.68. The molecule has 0 spiro atoms. The number of rotatable bonds is 4. The molecule has 0 N–H and O–H groups in total. The maximum atomic E-state index is 6.29. The minimum absolute atomic E-state index is 0.151. The summed E-state index contributed by atoms with van der Waals surface area (Å²) in [6, 6.07) is 6.07. The van der Waals surface area contributed by atoms with Gasteiger partial charge in [0.1, 0.15) is 5.82 Å². The minimum atomic E-state index is -0.206.